The Balaban J connectivity index is 1.53. The second-order valence-corrected chi connectivity index (χ2v) is 8.09. The third-order valence-corrected chi connectivity index (χ3v) is 5.64. The highest BCUT2D eigenvalue weighted by Gasteiger charge is 2.20. The Hall–Kier alpha value is -4.86. The number of esters is 2. The van der Waals surface area contributed by atoms with Crippen molar-refractivity contribution in [1.29, 1.82) is 0 Å². The van der Waals surface area contributed by atoms with Gasteiger partial charge in [-0.05, 0) is 59.3 Å². The maximum Gasteiger partial charge on any atom is 0.343 e. The lowest BCUT2D eigenvalue weighted by Gasteiger charge is -2.12. The van der Waals surface area contributed by atoms with E-state index in [-0.39, 0.29) is 11.5 Å². The molecular weight excluding hydrogens is 514 g/mol. The van der Waals surface area contributed by atoms with Crippen LogP contribution in [0.25, 0.3) is 21.5 Å². The average molecular weight is 526 g/mol. The summed E-state index contributed by atoms with van der Waals surface area (Å²) in [6.07, 6.45) is 0. The van der Waals surface area contributed by atoms with Gasteiger partial charge < -0.3 is 9.47 Å². The summed E-state index contributed by atoms with van der Waals surface area (Å²) in [5.41, 5.74) is -1.12. The summed E-state index contributed by atoms with van der Waals surface area (Å²) in [6.45, 7) is 0. The van der Waals surface area contributed by atoms with Crippen LogP contribution in [0.1, 0.15) is 20.7 Å². The second-order valence-electron chi connectivity index (χ2n) is 8.09. The van der Waals surface area contributed by atoms with Crippen molar-refractivity contribution in [3.63, 3.8) is 0 Å². The highest BCUT2D eigenvalue weighted by Crippen LogP contribution is 2.35. The molecule has 190 valence electrons. The molecule has 5 aromatic carbocycles. The predicted molar refractivity (Wildman–Crippen MR) is 124 cm³/mol. The predicted octanol–water partition coefficient (Wildman–Crippen LogP) is 7.27. The molecule has 0 aliphatic heterocycles. The molecule has 5 rings (SSSR count). The van der Waals surface area contributed by atoms with Crippen molar-refractivity contribution in [1.82, 2.24) is 0 Å². The van der Waals surface area contributed by atoms with Crippen molar-refractivity contribution in [2.45, 2.75) is 0 Å². The Morgan fingerprint density at radius 1 is 0.500 bits per heavy atom. The van der Waals surface area contributed by atoms with Gasteiger partial charge in [0.25, 0.3) is 0 Å². The van der Waals surface area contributed by atoms with E-state index in [1.165, 1.54) is 18.2 Å². The van der Waals surface area contributed by atoms with Gasteiger partial charge in [-0.15, -0.1) is 0 Å². The quantitative estimate of drug-likeness (QED) is 0.0813. The molecule has 5 aromatic rings. The topological polar surface area (TPSA) is 52.6 Å². The Kier molecular flexibility index (Phi) is 6.23. The number of hydrogen-bond donors (Lipinski definition) is 0. The van der Waals surface area contributed by atoms with E-state index in [9.17, 15) is 35.9 Å². The minimum atomic E-state index is -1.73. The molecule has 0 saturated heterocycles. The molecule has 0 aliphatic rings. The lowest BCUT2D eigenvalue weighted by molar-refractivity contribution is 0.0727. The van der Waals surface area contributed by atoms with Gasteiger partial charge in [0.2, 0.25) is 0 Å². The van der Waals surface area contributed by atoms with Gasteiger partial charge in [-0.25, -0.2) is 35.9 Å². The first-order valence-electron chi connectivity index (χ1n) is 10.8. The van der Waals surface area contributed by atoms with E-state index in [0.29, 0.717) is 45.8 Å². The normalized spacial score (nSPS) is 11.1. The standard InChI is InChI=1S/C28H12F6O4/c29-19-8-15(9-20(30)25(19)33)27(35)37-23-5-1-3-13-7-14-4-2-6-24(18(14)12-17(13)23)38-28(36)16-10-21(31)26(34)22(32)11-16/h1-12H. The van der Waals surface area contributed by atoms with E-state index in [1.54, 1.807) is 30.3 Å². The van der Waals surface area contributed by atoms with Crippen LogP contribution in [0.3, 0.4) is 0 Å². The van der Waals surface area contributed by atoms with Crippen molar-refractivity contribution in [2.75, 3.05) is 0 Å². The van der Waals surface area contributed by atoms with Crippen molar-refractivity contribution in [2.24, 2.45) is 0 Å². The molecule has 0 amide bonds. The van der Waals surface area contributed by atoms with Crippen LogP contribution in [0.5, 0.6) is 11.5 Å². The fourth-order valence-electron chi connectivity index (χ4n) is 3.84. The van der Waals surface area contributed by atoms with E-state index in [4.69, 9.17) is 9.47 Å². The molecule has 0 unspecified atom stereocenters. The van der Waals surface area contributed by atoms with Gasteiger partial charge in [0.05, 0.1) is 11.1 Å². The van der Waals surface area contributed by atoms with Crippen LogP contribution in [-0.4, -0.2) is 11.9 Å². The second kappa shape index (κ2) is 9.55. The summed E-state index contributed by atoms with van der Waals surface area (Å²) in [6, 6.07) is 14.5. The van der Waals surface area contributed by atoms with Crippen LogP contribution < -0.4 is 9.47 Å². The van der Waals surface area contributed by atoms with E-state index in [2.05, 4.69) is 0 Å². The summed E-state index contributed by atoms with van der Waals surface area (Å²) < 4.78 is 91.5. The Morgan fingerprint density at radius 3 is 1.24 bits per heavy atom. The van der Waals surface area contributed by atoms with Crippen LogP contribution in [0, 0.1) is 34.9 Å². The molecule has 10 heteroatoms. The highest BCUT2D eigenvalue weighted by atomic mass is 19.2. The average Bonchev–Trinajstić information content (AvgIpc) is 2.89. The first-order chi connectivity index (χ1) is 18.1. The molecule has 0 radical (unpaired) electrons. The molecule has 0 saturated carbocycles. The van der Waals surface area contributed by atoms with Crippen molar-refractivity contribution in [3.8, 4) is 11.5 Å². The van der Waals surface area contributed by atoms with Gasteiger partial charge in [0.1, 0.15) is 11.5 Å². The van der Waals surface area contributed by atoms with Crippen molar-refractivity contribution >= 4 is 33.5 Å². The minimum Gasteiger partial charge on any atom is -0.422 e. The third-order valence-electron chi connectivity index (χ3n) is 5.64. The van der Waals surface area contributed by atoms with Crippen LogP contribution in [0.15, 0.2) is 72.8 Å². The Morgan fingerprint density at radius 2 is 0.868 bits per heavy atom. The Labute approximate surface area is 209 Å². The zero-order valence-electron chi connectivity index (χ0n) is 18.8. The monoisotopic (exact) mass is 526 g/mol. The summed E-state index contributed by atoms with van der Waals surface area (Å²) in [5.74, 6) is -12.1. The Bertz CT molecular complexity index is 1610. The smallest absolute Gasteiger partial charge is 0.343 e. The molecule has 0 atom stereocenters. The highest BCUT2D eigenvalue weighted by molar-refractivity contribution is 6.05. The molecule has 0 bridgehead atoms. The van der Waals surface area contributed by atoms with Gasteiger partial charge in [-0.3, -0.25) is 0 Å². The summed E-state index contributed by atoms with van der Waals surface area (Å²) in [5, 5.41) is 1.81. The van der Waals surface area contributed by atoms with Crippen molar-refractivity contribution in [3.05, 3.63) is 119 Å². The maximum absolute atomic E-state index is 13.6. The number of fused-ring (bicyclic) bond motifs is 2. The third kappa shape index (κ3) is 4.52. The number of halogens is 6. The summed E-state index contributed by atoms with van der Waals surface area (Å²) in [4.78, 5) is 25.1. The van der Waals surface area contributed by atoms with E-state index < -0.39 is 58.0 Å². The van der Waals surface area contributed by atoms with Crippen LogP contribution in [0.2, 0.25) is 0 Å². The zero-order valence-corrected chi connectivity index (χ0v) is 18.8. The molecule has 0 spiro atoms. The van der Waals surface area contributed by atoms with Gasteiger partial charge in [0.15, 0.2) is 34.9 Å². The largest absolute Gasteiger partial charge is 0.422 e. The molecule has 38 heavy (non-hydrogen) atoms. The zero-order chi connectivity index (χ0) is 27.1. The van der Waals surface area contributed by atoms with Gasteiger partial charge in [-0.2, -0.15) is 0 Å². The maximum atomic E-state index is 13.6. The molecule has 0 aromatic heterocycles. The number of benzene rings is 5. The molecule has 0 fully saturated rings. The fraction of sp³-hybridized carbons (Fsp3) is 0. The van der Waals surface area contributed by atoms with Crippen LogP contribution in [-0.2, 0) is 0 Å². The van der Waals surface area contributed by atoms with Gasteiger partial charge in [-0.1, -0.05) is 24.3 Å². The lowest BCUT2D eigenvalue weighted by atomic mass is 10.0. The number of carbonyl (C=O) groups is 2. The van der Waals surface area contributed by atoms with Crippen LogP contribution in [0.4, 0.5) is 26.3 Å². The van der Waals surface area contributed by atoms with E-state index >= 15 is 0 Å². The molecule has 0 aliphatic carbocycles. The van der Waals surface area contributed by atoms with Crippen LogP contribution >= 0.6 is 0 Å². The molecule has 0 heterocycles. The number of hydrogen-bond acceptors (Lipinski definition) is 4. The molecule has 0 N–H and O–H groups in total. The summed E-state index contributed by atoms with van der Waals surface area (Å²) in [7, 11) is 0. The minimum absolute atomic E-state index is 0.0247. The first kappa shape index (κ1) is 24.8. The van der Waals surface area contributed by atoms with Crippen molar-refractivity contribution < 1.29 is 45.4 Å². The number of carbonyl (C=O) groups excluding carboxylic acids is 2. The SMILES string of the molecule is O=C(Oc1cccc2cc3cccc(OC(=O)c4cc(F)c(F)c(F)c4)c3cc12)c1cc(F)c(F)c(F)c1. The molecule has 4 nitrogen and oxygen atoms in total. The number of rotatable bonds is 4. The van der Waals surface area contributed by atoms with Gasteiger partial charge in [0, 0.05) is 10.8 Å². The molecular formula is C28H12F6O4. The first-order valence-corrected chi connectivity index (χ1v) is 10.8. The lowest BCUT2D eigenvalue weighted by Crippen LogP contribution is -2.11. The van der Waals surface area contributed by atoms with E-state index in [1.807, 2.05) is 0 Å². The fourth-order valence-corrected chi connectivity index (χ4v) is 3.84. The van der Waals surface area contributed by atoms with Gasteiger partial charge >= 0.3 is 11.9 Å². The summed E-state index contributed by atoms with van der Waals surface area (Å²) >= 11 is 0. The number of ether oxygens (including phenoxy) is 2. The van der Waals surface area contributed by atoms with E-state index in [0.717, 1.165) is 0 Å².